The number of anilines is 1. The van der Waals surface area contributed by atoms with E-state index in [0.29, 0.717) is 6.42 Å². The van der Waals surface area contributed by atoms with Gasteiger partial charge in [0.25, 0.3) is 5.91 Å². The summed E-state index contributed by atoms with van der Waals surface area (Å²) in [6.45, 7) is 1.79. The molecule has 0 saturated heterocycles. The monoisotopic (exact) mass is 227 g/mol. The van der Waals surface area contributed by atoms with E-state index in [1.165, 1.54) is 6.07 Å². The highest BCUT2D eigenvalue weighted by Gasteiger charge is 2.45. The van der Waals surface area contributed by atoms with Crippen LogP contribution in [0.2, 0.25) is 0 Å². The van der Waals surface area contributed by atoms with Crippen molar-refractivity contribution in [3.05, 3.63) is 29.3 Å². The molecule has 0 aliphatic carbocycles. The van der Waals surface area contributed by atoms with Crippen molar-refractivity contribution in [2.75, 3.05) is 5.32 Å². The summed E-state index contributed by atoms with van der Waals surface area (Å²) in [6, 6.07) is 2.15. The standard InChI is InChI=1S/C11H11F2NO2/c1-2-5-11(16)6-3-4-7(12)8(13)9(6)14-10(11)15/h3-4,16H,2,5H2,1H3,(H,14,15). The van der Waals surface area contributed by atoms with Crippen LogP contribution in [-0.2, 0) is 10.4 Å². The summed E-state index contributed by atoms with van der Waals surface area (Å²) < 4.78 is 26.3. The van der Waals surface area contributed by atoms with E-state index in [9.17, 15) is 18.7 Å². The molecule has 2 N–H and O–H groups in total. The molecule has 16 heavy (non-hydrogen) atoms. The van der Waals surface area contributed by atoms with Crippen LogP contribution in [0.5, 0.6) is 0 Å². The minimum atomic E-state index is -1.74. The van der Waals surface area contributed by atoms with Gasteiger partial charge in [-0.05, 0) is 12.5 Å². The second-order valence-corrected chi connectivity index (χ2v) is 3.85. The summed E-state index contributed by atoms with van der Waals surface area (Å²) in [7, 11) is 0. The van der Waals surface area contributed by atoms with E-state index in [-0.39, 0.29) is 17.7 Å². The van der Waals surface area contributed by atoms with Gasteiger partial charge in [-0.1, -0.05) is 19.4 Å². The van der Waals surface area contributed by atoms with Gasteiger partial charge in [0.1, 0.15) is 0 Å². The zero-order valence-corrected chi connectivity index (χ0v) is 8.68. The molecule has 0 radical (unpaired) electrons. The Bertz CT molecular complexity index is 462. The van der Waals surface area contributed by atoms with E-state index in [0.717, 1.165) is 6.07 Å². The summed E-state index contributed by atoms with van der Waals surface area (Å²) >= 11 is 0. The molecule has 1 aromatic carbocycles. The Labute approximate surface area is 91.1 Å². The number of rotatable bonds is 2. The van der Waals surface area contributed by atoms with Crippen molar-refractivity contribution in [2.45, 2.75) is 25.4 Å². The highest BCUT2D eigenvalue weighted by Crippen LogP contribution is 2.40. The third-order valence-electron chi connectivity index (χ3n) is 2.77. The Hall–Kier alpha value is -1.49. The SMILES string of the molecule is CCCC1(O)C(=O)Nc2c1ccc(F)c2F. The quantitative estimate of drug-likeness (QED) is 0.810. The van der Waals surface area contributed by atoms with Crippen molar-refractivity contribution in [3.63, 3.8) is 0 Å². The van der Waals surface area contributed by atoms with Crippen LogP contribution in [0.3, 0.4) is 0 Å². The first kappa shape index (κ1) is 11.0. The summed E-state index contributed by atoms with van der Waals surface area (Å²) in [5, 5.41) is 12.3. The van der Waals surface area contributed by atoms with Gasteiger partial charge in [0.05, 0.1) is 5.69 Å². The molecule has 5 heteroatoms. The first-order chi connectivity index (χ1) is 7.50. The van der Waals surface area contributed by atoms with Crippen LogP contribution in [0, 0.1) is 11.6 Å². The molecule has 2 rings (SSSR count). The zero-order chi connectivity index (χ0) is 11.9. The van der Waals surface area contributed by atoms with E-state index < -0.39 is 23.1 Å². The Kier molecular flexibility index (Phi) is 2.42. The average molecular weight is 227 g/mol. The van der Waals surface area contributed by atoms with Crippen LogP contribution < -0.4 is 5.32 Å². The van der Waals surface area contributed by atoms with E-state index in [4.69, 9.17) is 0 Å². The number of aliphatic hydroxyl groups is 1. The van der Waals surface area contributed by atoms with Crippen LogP contribution in [0.1, 0.15) is 25.3 Å². The number of amides is 1. The average Bonchev–Trinajstić information content (AvgIpc) is 2.48. The summed E-state index contributed by atoms with van der Waals surface area (Å²) in [6.07, 6.45) is 0.735. The molecule has 1 unspecified atom stereocenters. The van der Waals surface area contributed by atoms with Crippen LogP contribution in [-0.4, -0.2) is 11.0 Å². The van der Waals surface area contributed by atoms with Crippen LogP contribution in [0.25, 0.3) is 0 Å². The lowest BCUT2D eigenvalue weighted by Gasteiger charge is -2.19. The Morgan fingerprint density at radius 1 is 1.44 bits per heavy atom. The van der Waals surface area contributed by atoms with Crippen molar-refractivity contribution in [3.8, 4) is 0 Å². The van der Waals surface area contributed by atoms with Gasteiger partial charge >= 0.3 is 0 Å². The fraction of sp³-hybridized carbons (Fsp3) is 0.364. The van der Waals surface area contributed by atoms with Gasteiger partial charge in [-0.3, -0.25) is 4.79 Å². The maximum absolute atomic E-state index is 13.4. The summed E-state index contributed by atoms with van der Waals surface area (Å²) in [5.74, 6) is -2.87. The molecular formula is C11H11F2NO2. The molecule has 0 aromatic heterocycles. The van der Waals surface area contributed by atoms with Crippen molar-refractivity contribution in [2.24, 2.45) is 0 Å². The van der Waals surface area contributed by atoms with Gasteiger partial charge in [-0.2, -0.15) is 0 Å². The van der Waals surface area contributed by atoms with Crippen molar-refractivity contribution >= 4 is 11.6 Å². The minimum Gasteiger partial charge on any atom is -0.375 e. The van der Waals surface area contributed by atoms with E-state index in [2.05, 4.69) is 5.32 Å². The summed E-state index contributed by atoms with van der Waals surface area (Å²) in [4.78, 5) is 11.6. The third kappa shape index (κ3) is 1.31. The molecule has 1 amide bonds. The van der Waals surface area contributed by atoms with Crippen molar-refractivity contribution in [1.29, 1.82) is 0 Å². The van der Waals surface area contributed by atoms with Gasteiger partial charge < -0.3 is 10.4 Å². The van der Waals surface area contributed by atoms with E-state index in [1.807, 2.05) is 0 Å². The highest BCUT2D eigenvalue weighted by molar-refractivity contribution is 6.05. The normalized spacial score (nSPS) is 23.1. The first-order valence-corrected chi connectivity index (χ1v) is 5.03. The van der Waals surface area contributed by atoms with Crippen molar-refractivity contribution < 1.29 is 18.7 Å². The lowest BCUT2D eigenvalue weighted by atomic mass is 9.90. The van der Waals surface area contributed by atoms with Crippen LogP contribution in [0.15, 0.2) is 12.1 Å². The molecule has 1 aliphatic rings. The molecule has 0 spiro atoms. The number of benzene rings is 1. The number of halogens is 2. The minimum absolute atomic E-state index is 0.109. The predicted octanol–water partition coefficient (Wildman–Crippen LogP) is 1.90. The maximum atomic E-state index is 13.4. The van der Waals surface area contributed by atoms with E-state index >= 15 is 0 Å². The smallest absolute Gasteiger partial charge is 0.261 e. The topological polar surface area (TPSA) is 49.3 Å². The molecule has 3 nitrogen and oxygen atoms in total. The van der Waals surface area contributed by atoms with Gasteiger partial charge in [-0.25, -0.2) is 8.78 Å². The summed E-state index contributed by atoms with van der Waals surface area (Å²) in [5.41, 5.74) is -1.88. The molecule has 1 aromatic rings. The molecule has 0 bridgehead atoms. The molecule has 0 fully saturated rings. The van der Waals surface area contributed by atoms with Gasteiger partial charge in [0, 0.05) is 5.56 Å². The Morgan fingerprint density at radius 3 is 2.75 bits per heavy atom. The van der Waals surface area contributed by atoms with Gasteiger partial charge in [0.15, 0.2) is 17.2 Å². The highest BCUT2D eigenvalue weighted by atomic mass is 19.2. The molecular weight excluding hydrogens is 216 g/mol. The first-order valence-electron chi connectivity index (χ1n) is 5.03. The number of carbonyl (C=O) groups excluding carboxylic acids is 1. The fourth-order valence-corrected chi connectivity index (χ4v) is 1.97. The zero-order valence-electron chi connectivity index (χ0n) is 8.68. The molecule has 86 valence electrons. The van der Waals surface area contributed by atoms with Crippen molar-refractivity contribution in [1.82, 2.24) is 0 Å². The third-order valence-corrected chi connectivity index (χ3v) is 2.77. The number of nitrogens with one attached hydrogen (secondary N) is 1. The van der Waals surface area contributed by atoms with E-state index in [1.54, 1.807) is 6.92 Å². The second-order valence-electron chi connectivity index (χ2n) is 3.85. The second kappa shape index (κ2) is 3.52. The Morgan fingerprint density at radius 2 is 2.12 bits per heavy atom. The lowest BCUT2D eigenvalue weighted by Crippen LogP contribution is -2.33. The van der Waals surface area contributed by atoms with Crippen LogP contribution >= 0.6 is 0 Å². The molecule has 1 aliphatic heterocycles. The molecule has 1 heterocycles. The molecule has 1 atom stereocenters. The van der Waals surface area contributed by atoms with Crippen LogP contribution in [0.4, 0.5) is 14.5 Å². The number of hydrogen-bond donors (Lipinski definition) is 2. The number of fused-ring (bicyclic) bond motifs is 1. The Balaban J connectivity index is 2.59. The van der Waals surface area contributed by atoms with Gasteiger partial charge in [0.2, 0.25) is 0 Å². The molecule has 0 saturated carbocycles. The number of hydrogen-bond acceptors (Lipinski definition) is 2. The fourth-order valence-electron chi connectivity index (χ4n) is 1.97. The number of carbonyl (C=O) groups is 1. The predicted molar refractivity (Wildman–Crippen MR) is 53.8 cm³/mol. The van der Waals surface area contributed by atoms with Gasteiger partial charge in [-0.15, -0.1) is 0 Å². The largest absolute Gasteiger partial charge is 0.375 e. The lowest BCUT2D eigenvalue weighted by molar-refractivity contribution is -0.134. The maximum Gasteiger partial charge on any atom is 0.261 e.